The molecule has 0 spiro atoms. The van der Waals surface area contributed by atoms with Crippen molar-refractivity contribution < 1.29 is 18.8 Å². The number of ether oxygens (including phenoxy) is 2. The van der Waals surface area contributed by atoms with Crippen LogP contribution in [0.2, 0.25) is 35.7 Å². The van der Waals surface area contributed by atoms with Crippen LogP contribution in [-0.4, -0.2) is 54.7 Å². The Bertz CT molecular complexity index is 1320. The first-order valence-electron chi connectivity index (χ1n) is 13.9. The lowest BCUT2D eigenvalue weighted by Gasteiger charge is -2.32. The number of hydrogen-bond acceptors (Lipinski definition) is 7. The molecule has 1 aliphatic carbocycles. The molecule has 40 heavy (non-hydrogen) atoms. The third kappa shape index (κ3) is 6.91. The van der Waals surface area contributed by atoms with Crippen molar-refractivity contribution in [3.63, 3.8) is 0 Å². The van der Waals surface area contributed by atoms with Crippen LogP contribution in [0, 0.1) is 0 Å². The van der Waals surface area contributed by atoms with Crippen molar-refractivity contribution >= 4 is 43.0 Å². The minimum atomic E-state index is -1.20. The lowest BCUT2D eigenvalue weighted by atomic mass is 10.0. The van der Waals surface area contributed by atoms with Crippen molar-refractivity contribution in [3.8, 4) is 11.3 Å². The quantitative estimate of drug-likeness (QED) is 0.190. The van der Waals surface area contributed by atoms with E-state index in [0.717, 1.165) is 62.0 Å². The Hall–Kier alpha value is -2.37. The lowest BCUT2D eigenvalue weighted by Crippen LogP contribution is -2.37. The molecule has 3 aromatic rings. The molecule has 0 atom stereocenters. The number of amides is 1. The highest BCUT2D eigenvalue weighted by Crippen LogP contribution is 2.46. The van der Waals surface area contributed by atoms with Crippen LogP contribution in [-0.2, 0) is 22.8 Å². The van der Waals surface area contributed by atoms with Gasteiger partial charge in [-0.25, -0.2) is 4.68 Å². The van der Waals surface area contributed by atoms with Gasteiger partial charge in [0, 0.05) is 50.9 Å². The summed E-state index contributed by atoms with van der Waals surface area (Å²) < 4.78 is 19.6. The topological polar surface area (TPSA) is 109 Å². The van der Waals surface area contributed by atoms with Gasteiger partial charge in [-0.1, -0.05) is 54.1 Å². The maximum Gasteiger partial charge on any atom is 0.267 e. The molecule has 2 aliphatic rings. The molecule has 2 fully saturated rings. The Balaban J connectivity index is 1.20. The highest BCUT2D eigenvalue weighted by atomic mass is 35.5. The van der Waals surface area contributed by atoms with Gasteiger partial charge in [-0.05, 0) is 43.9 Å². The van der Waals surface area contributed by atoms with Crippen molar-refractivity contribution in [2.75, 3.05) is 24.6 Å². The summed E-state index contributed by atoms with van der Waals surface area (Å²) in [5, 5.41) is 10.1. The first-order valence-corrected chi connectivity index (χ1v) is 18.3. The largest absolute Gasteiger partial charge is 0.373 e. The monoisotopic (exact) mass is 605 g/mol. The third-order valence-corrected chi connectivity index (χ3v) is 9.76. The number of rotatable bonds is 12. The molecule has 0 bridgehead atoms. The summed E-state index contributed by atoms with van der Waals surface area (Å²) in [6.45, 7) is 9.64. The highest BCUT2D eigenvalue weighted by molar-refractivity contribution is 6.76. The summed E-state index contributed by atoms with van der Waals surface area (Å²) in [6, 6.07) is 8.23. The van der Waals surface area contributed by atoms with E-state index in [0.29, 0.717) is 46.1 Å². The number of piperidine rings is 1. The van der Waals surface area contributed by atoms with Crippen molar-refractivity contribution in [2.24, 2.45) is 5.73 Å². The number of halogens is 2. The molecule has 0 unspecified atom stereocenters. The molecule has 216 valence electrons. The number of primary amides is 1. The van der Waals surface area contributed by atoms with E-state index >= 15 is 0 Å². The molecule has 2 N–H and O–H groups in total. The van der Waals surface area contributed by atoms with Gasteiger partial charge < -0.3 is 24.6 Å². The van der Waals surface area contributed by atoms with Crippen LogP contribution >= 0.6 is 23.2 Å². The first-order chi connectivity index (χ1) is 19.1. The van der Waals surface area contributed by atoms with E-state index in [2.05, 4.69) is 34.8 Å². The number of nitrogens with zero attached hydrogens (tertiary/aromatic N) is 4. The number of carbonyl (C=O) groups excluding carboxylic acids is 1. The van der Waals surface area contributed by atoms with Crippen LogP contribution in [0.1, 0.15) is 53.4 Å². The Labute approximate surface area is 245 Å². The van der Waals surface area contributed by atoms with Crippen LogP contribution in [0.3, 0.4) is 0 Å². The minimum absolute atomic E-state index is 0.0652. The van der Waals surface area contributed by atoms with Crippen molar-refractivity contribution in [3.05, 3.63) is 51.3 Å². The van der Waals surface area contributed by atoms with E-state index in [1.54, 1.807) is 22.9 Å². The van der Waals surface area contributed by atoms with Gasteiger partial charge in [0.05, 0.1) is 22.8 Å². The second-order valence-electron chi connectivity index (χ2n) is 11.8. The minimum Gasteiger partial charge on any atom is -0.373 e. The van der Waals surface area contributed by atoms with Gasteiger partial charge in [0.1, 0.15) is 23.9 Å². The summed E-state index contributed by atoms with van der Waals surface area (Å²) in [5.41, 5.74) is 8.26. The number of nitrogens with two attached hydrogens (primary N) is 1. The lowest BCUT2D eigenvalue weighted by molar-refractivity contribution is 0.0245. The number of anilines is 1. The van der Waals surface area contributed by atoms with E-state index in [1.165, 1.54) is 0 Å². The summed E-state index contributed by atoms with van der Waals surface area (Å²) in [4.78, 5) is 14.2. The van der Waals surface area contributed by atoms with Gasteiger partial charge in [-0.15, -0.1) is 0 Å². The molecule has 2 aromatic heterocycles. The molecule has 5 rings (SSSR count). The van der Waals surface area contributed by atoms with Gasteiger partial charge in [-0.2, -0.15) is 5.10 Å². The molecule has 1 saturated heterocycles. The van der Waals surface area contributed by atoms with Gasteiger partial charge in [0.2, 0.25) is 0 Å². The smallest absolute Gasteiger partial charge is 0.267 e. The molecule has 1 amide bonds. The van der Waals surface area contributed by atoms with Crippen LogP contribution in [0.15, 0.2) is 28.8 Å². The average Bonchev–Trinajstić information content (AvgIpc) is 3.52. The summed E-state index contributed by atoms with van der Waals surface area (Å²) in [6.07, 6.45) is 3.87. The van der Waals surface area contributed by atoms with Gasteiger partial charge in [-0.3, -0.25) is 4.79 Å². The molecule has 1 saturated carbocycles. The van der Waals surface area contributed by atoms with Gasteiger partial charge in [0.25, 0.3) is 5.91 Å². The molecule has 0 radical (unpaired) electrons. The summed E-state index contributed by atoms with van der Waals surface area (Å²) in [7, 11) is -1.20. The van der Waals surface area contributed by atoms with Crippen molar-refractivity contribution in [1.29, 1.82) is 0 Å². The number of carbonyl (C=O) groups is 1. The number of benzene rings is 1. The maximum absolute atomic E-state index is 12.1. The average molecular weight is 607 g/mol. The zero-order valence-electron chi connectivity index (χ0n) is 23.3. The van der Waals surface area contributed by atoms with Crippen LogP contribution in [0.5, 0.6) is 0 Å². The molecular weight excluding hydrogens is 569 g/mol. The fraction of sp³-hybridized carbons (Fsp3) is 0.536. The van der Waals surface area contributed by atoms with E-state index in [9.17, 15) is 4.79 Å². The van der Waals surface area contributed by atoms with Gasteiger partial charge in [0.15, 0.2) is 5.82 Å². The standard InChI is InChI=1S/C28H37Cl2N5O4Si/c1-40(2,3)14-13-37-17-35-23(28(31)36)15-24(32-35)34-11-9-19(10-12-34)38-16-20-26(33-39-27(20)18-7-8-18)25-21(29)5-4-6-22(25)30/h4-6,15,18-19H,7-14,16-17H2,1-3H3,(H2,31,36). The summed E-state index contributed by atoms with van der Waals surface area (Å²) in [5.74, 6) is 1.46. The molecule has 12 heteroatoms. The van der Waals surface area contributed by atoms with Crippen molar-refractivity contribution in [1.82, 2.24) is 14.9 Å². The summed E-state index contributed by atoms with van der Waals surface area (Å²) >= 11 is 13.0. The van der Waals surface area contributed by atoms with E-state index in [1.807, 2.05) is 6.07 Å². The second-order valence-corrected chi connectivity index (χ2v) is 18.3. The van der Waals surface area contributed by atoms with Crippen LogP contribution in [0.25, 0.3) is 11.3 Å². The fourth-order valence-electron chi connectivity index (χ4n) is 4.88. The fourth-order valence-corrected chi connectivity index (χ4v) is 6.22. The predicted octanol–water partition coefficient (Wildman–Crippen LogP) is 6.32. The SMILES string of the molecule is C[Si](C)(C)CCOCn1nc(N2CCC(OCc3c(-c4c(Cl)cccc4Cl)noc3C3CC3)CC2)cc1C(N)=O. The van der Waals surface area contributed by atoms with Crippen LogP contribution in [0.4, 0.5) is 5.82 Å². The Kier molecular flexibility index (Phi) is 8.91. The molecule has 1 aromatic carbocycles. The Morgan fingerprint density at radius 2 is 1.85 bits per heavy atom. The van der Waals surface area contributed by atoms with Gasteiger partial charge >= 0.3 is 0 Å². The zero-order valence-corrected chi connectivity index (χ0v) is 25.8. The molecular formula is C28H37Cl2N5O4Si. The number of aromatic nitrogens is 3. The Morgan fingerprint density at radius 1 is 1.15 bits per heavy atom. The highest BCUT2D eigenvalue weighted by Gasteiger charge is 2.34. The van der Waals surface area contributed by atoms with Crippen LogP contribution < -0.4 is 10.6 Å². The normalized spacial score (nSPS) is 16.6. The molecule has 1 aliphatic heterocycles. The third-order valence-electron chi connectivity index (χ3n) is 7.43. The first kappa shape index (κ1) is 29.1. The molecule has 3 heterocycles. The van der Waals surface area contributed by atoms with Crippen molar-refractivity contribution in [2.45, 2.75) is 76.7 Å². The number of hydrogen-bond donors (Lipinski definition) is 1. The predicted molar refractivity (Wildman–Crippen MR) is 159 cm³/mol. The maximum atomic E-state index is 12.1. The molecule has 9 nitrogen and oxygen atoms in total. The second kappa shape index (κ2) is 12.2. The van der Waals surface area contributed by atoms with E-state index in [-0.39, 0.29) is 12.8 Å². The Morgan fingerprint density at radius 3 is 2.48 bits per heavy atom. The van der Waals surface area contributed by atoms with E-state index < -0.39 is 14.0 Å². The zero-order chi connectivity index (χ0) is 28.4. The van der Waals surface area contributed by atoms with E-state index in [4.69, 9.17) is 42.9 Å².